The topological polar surface area (TPSA) is 24.9 Å². The first-order valence-electron chi connectivity index (χ1n) is 7.15. The van der Waals surface area contributed by atoms with Crippen molar-refractivity contribution in [3.63, 3.8) is 0 Å². The van der Waals surface area contributed by atoms with E-state index in [1.807, 2.05) is 0 Å². The fourth-order valence-corrected chi connectivity index (χ4v) is 3.50. The van der Waals surface area contributed by atoms with E-state index in [0.717, 1.165) is 12.5 Å². The second-order valence-corrected chi connectivity index (χ2v) is 7.50. The highest BCUT2D eigenvalue weighted by molar-refractivity contribution is 7.09. The number of aromatic nitrogens is 1. The molecule has 2 nitrogen and oxygen atoms in total. The van der Waals surface area contributed by atoms with Crippen molar-refractivity contribution in [1.82, 2.24) is 10.3 Å². The zero-order valence-electron chi connectivity index (χ0n) is 12.1. The first-order chi connectivity index (χ1) is 8.47. The number of nitrogens with zero attached hydrogens (tertiary/aromatic N) is 1. The van der Waals surface area contributed by atoms with Crippen LogP contribution in [-0.2, 0) is 12.0 Å². The van der Waals surface area contributed by atoms with Gasteiger partial charge in [-0.05, 0) is 18.8 Å². The lowest BCUT2D eigenvalue weighted by Crippen LogP contribution is -2.36. The summed E-state index contributed by atoms with van der Waals surface area (Å²) in [6, 6.07) is 0.693. The van der Waals surface area contributed by atoms with Gasteiger partial charge in [-0.2, -0.15) is 0 Å². The molecule has 0 aliphatic heterocycles. The molecule has 0 saturated heterocycles. The maximum Gasteiger partial charge on any atom is 0.0982 e. The Hall–Kier alpha value is -0.410. The van der Waals surface area contributed by atoms with Crippen molar-refractivity contribution in [1.29, 1.82) is 0 Å². The fraction of sp³-hybridized carbons (Fsp3) is 0.800. The lowest BCUT2D eigenvalue weighted by Gasteiger charge is -2.29. The monoisotopic (exact) mass is 266 g/mol. The quantitative estimate of drug-likeness (QED) is 0.890. The summed E-state index contributed by atoms with van der Waals surface area (Å²) < 4.78 is 0. The Balaban J connectivity index is 1.88. The predicted octanol–water partition coefficient (Wildman–Crippen LogP) is 4.11. The van der Waals surface area contributed by atoms with E-state index >= 15 is 0 Å². The summed E-state index contributed by atoms with van der Waals surface area (Å²) in [5.41, 5.74) is 1.39. The molecule has 0 aromatic carbocycles. The molecule has 18 heavy (non-hydrogen) atoms. The molecule has 1 aliphatic carbocycles. The minimum atomic E-state index is 0.182. The number of rotatable bonds is 3. The van der Waals surface area contributed by atoms with Crippen molar-refractivity contribution >= 4 is 11.3 Å². The summed E-state index contributed by atoms with van der Waals surface area (Å²) >= 11 is 1.79. The van der Waals surface area contributed by atoms with E-state index in [9.17, 15) is 0 Å². The molecule has 1 heterocycles. The molecule has 0 amide bonds. The minimum Gasteiger partial charge on any atom is -0.308 e. The third kappa shape index (κ3) is 3.55. The number of hydrogen-bond donors (Lipinski definition) is 1. The van der Waals surface area contributed by atoms with E-state index in [1.165, 1.54) is 36.4 Å². The first kappa shape index (κ1) is 14.0. The van der Waals surface area contributed by atoms with Crippen LogP contribution in [0.5, 0.6) is 0 Å². The molecule has 1 saturated carbocycles. The largest absolute Gasteiger partial charge is 0.308 e. The number of hydrogen-bond acceptors (Lipinski definition) is 3. The van der Waals surface area contributed by atoms with Gasteiger partial charge in [0.1, 0.15) is 0 Å². The molecule has 1 N–H and O–H groups in total. The van der Waals surface area contributed by atoms with E-state index in [2.05, 4.69) is 38.4 Å². The summed E-state index contributed by atoms with van der Waals surface area (Å²) in [6.45, 7) is 9.99. The van der Waals surface area contributed by atoms with Gasteiger partial charge in [-0.1, -0.05) is 40.5 Å². The Kier molecular flexibility index (Phi) is 4.44. The van der Waals surface area contributed by atoms with E-state index in [1.54, 1.807) is 11.3 Å². The Morgan fingerprint density at radius 2 is 2.06 bits per heavy atom. The smallest absolute Gasteiger partial charge is 0.0982 e. The molecule has 3 heteroatoms. The lowest BCUT2D eigenvalue weighted by atomic mass is 9.86. The third-order valence-electron chi connectivity index (χ3n) is 3.85. The average molecular weight is 266 g/mol. The highest BCUT2D eigenvalue weighted by Crippen LogP contribution is 2.26. The highest BCUT2D eigenvalue weighted by atomic mass is 32.1. The third-order valence-corrected chi connectivity index (χ3v) is 5.17. The molecule has 2 atom stereocenters. The van der Waals surface area contributed by atoms with Crippen molar-refractivity contribution in [3.8, 4) is 0 Å². The Morgan fingerprint density at radius 1 is 1.33 bits per heavy atom. The van der Waals surface area contributed by atoms with Crippen LogP contribution < -0.4 is 5.32 Å². The minimum absolute atomic E-state index is 0.182. The van der Waals surface area contributed by atoms with E-state index in [0.29, 0.717) is 6.04 Å². The van der Waals surface area contributed by atoms with Crippen LogP contribution in [-0.4, -0.2) is 11.0 Å². The van der Waals surface area contributed by atoms with Gasteiger partial charge in [0.15, 0.2) is 0 Å². The first-order valence-corrected chi connectivity index (χ1v) is 8.03. The normalized spacial score (nSPS) is 25.3. The molecule has 1 aromatic heterocycles. The maximum atomic E-state index is 4.75. The summed E-state index contributed by atoms with van der Waals surface area (Å²) in [6.07, 6.45) is 5.50. The second kappa shape index (κ2) is 5.70. The Bertz CT molecular complexity index is 378. The van der Waals surface area contributed by atoms with Gasteiger partial charge in [0.25, 0.3) is 0 Å². The van der Waals surface area contributed by atoms with Gasteiger partial charge in [0, 0.05) is 23.4 Å². The van der Waals surface area contributed by atoms with Crippen molar-refractivity contribution in [2.45, 2.75) is 71.4 Å². The molecule has 102 valence electrons. The average Bonchev–Trinajstić information content (AvgIpc) is 2.76. The van der Waals surface area contributed by atoms with Crippen molar-refractivity contribution in [2.24, 2.45) is 5.92 Å². The van der Waals surface area contributed by atoms with Gasteiger partial charge in [-0.25, -0.2) is 4.98 Å². The zero-order chi connectivity index (χ0) is 13.2. The summed E-state index contributed by atoms with van der Waals surface area (Å²) in [5.74, 6) is 0.819. The van der Waals surface area contributed by atoms with Crippen LogP contribution >= 0.6 is 11.3 Å². The second-order valence-electron chi connectivity index (χ2n) is 6.64. The van der Waals surface area contributed by atoms with Crippen molar-refractivity contribution in [2.75, 3.05) is 0 Å². The predicted molar refractivity (Wildman–Crippen MR) is 79.1 cm³/mol. The van der Waals surface area contributed by atoms with Gasteiger partial charge < -0.3 is 5.32 Å². The van der Waals surface area contributed by atoms with Crippen LogP contribution in [0.1, 0.15) is 64.1 Å². The van der Waals surface area contributed by atoms with Gasteiger partial charge in [0.2, 0.25) is 0 Å². The van der Waals surface area contributed by atoms with Crippen LogP contribution in [0.2, 0.25) is 0 Å². The van der Waals surface area contributed by atoms with E-state index in [-0.39, 0.29) is 5.41 Å². The molecule has 1 fully saturated rings. The van der Waals surface area contributed by atoms with Crippen LogP contribution in [0.3, 0.4) is 0 Å². The Labute approximate surface area is 115 Å². The van der Waals surface area contributed by atoms with Crippen LogP contribution in [0.4, 0.5) is 0 Å². The zero-order valence-corrected chi connectivity index (χ0v) is 12.9. The lowest BCUT2D eigenvalue weighted by molar-refractivity contribution is 0.278. The summed E-state index contributed by atoms with van der Waals surface area (Å²) in [4.78, 5) is 4.75. The molecule has 0 bridgehead atoms. The van der Waals surface area contributed by atoms with Crippen molar-refractivity contribution in [3.05, 3.63) is 16.1 Å². The maximum absolute atomic E-state index is 4.75. The molecule has 2 unspecified atom stereocenters. The van der Waals surface area contributed by atoms with Crippen LogP contribution in [0.15, 0.2) is 5.38 Å². The van der Waals surface area contributed by atoms with E-state index in [4.69, 9.17) is 4.98 Å². The SMILES string of the molecule is CC1CCCCC1NCc1csc(C(C)(C)C)n1. The molecule has 1 aliphatic rings. The fourth-order valence-electron chi connectivity index (χ4n) is 2.59. The van der Waals surface area contributed by atoms with E-state index < -0.39 is 0 Å². The molecule has 0 radical (unpaired) electrons. The summed E-state index contributed by atoms with van der Waals surface area (Å²) in [7, 11) is 0. The molecule has 1 aromatic rings. The van der Waals surface area contributed by atoms with Gasteiger partial charge >= 0.3 is 0 Å². The van der Waals surface area contributed by atoms with Crippen molar-refractivity contribution < 1.29 is 0 Å². The molecule has 2 rings (SSSR count). The van der Waals surface area contributed by atoms with Crippen LogP contribution in [0, 0.1) is 5.92 Å². The van der Waals surface area contributed by atoms with Crippen LogP contribution in [0.25, 0.3) is 0 Å². The van der Waals surface area contributed by atoms with Gasteiger partial charge in [-0.15, -0.1) is 11.3 Å². The summed E-state index contributed by atoms with van der Waals surface area (Å²) in [5, 5.41) is 7.15. The molecular formula is C15H26N2S. The number of nitrogens with one attached hydrogen (secondary N) is 1. The Morgan fingerprint density at radius 3 is 2.67 bits per heavy atom. The standard InChI is InChI=1S/C15H26N2S/c1-11-7-5-6-8-13(11)16-9-12-10-18-14(17-12)15(2,3)4/h10-11,13,16H,5-9H2,1-4H3. The molecular weight excluding hydrogens is 240 g/mol. The molecule has 0 spiro atoms. The number of thiazole rings is 1. The van der Waals surface area contributed by atoms with Gasteiger partial charge in [0.05, 0.1) is 10.7 Å². The van der Waals surface area contributed by atoms with Gasteiger partial charge in [-0.3, -0.25) is 0 Å². The highest BCUT2D eigenvalue weighted by Gasteiger charge is 2.21.